The zero-order chi connectivity index (χ0) is 13.8. The van der Waals surface area contributed by atoms with Crippen LogP contribution in [-0.4, -0.2) is 69.2 Å². The van der Waals surface area contributed by atoms with E-state index < -0.39 is 10.0 Å². The topological polar surface area (TPSA) is 52.7 Å². The van der Waals surface area contributed by atoms with Crippen molar-refractivity contribution in [3.63, 3.8) is 0 Å². The van der Waals surface area contributed by atoms with Gasteiger partial charge in [-0.1, -0.05) is 6.92 Å². The molecule has 5 nitrogen and oxygen atoms in total. The summed E-state index contributed by atoms with van der Waals surface area (Å²) in [5.41, 5.74) is 0. The Bertz CT molecular complexity index is 343. The van der Waals surface area contributed by atoms with Gasteiger partial charge in [0.1, 0.15) is 0 Å². The average molecular weight is 277 g/mol. The summed E-state index contributed by atoms with van der Waals surface area (Å²) in [4.78, 5) is 2.11. The highest BCUT2D eigenvalue weighted by Crippen LogP contribution is 2.19. The number of rotatable bonds is 7. The molecule has 0 amide bonds. The van der Waals surface area contributed by atoms with Crippen LogP contribution in [0.1, 0.15) is 26.7 Å². The van der Waals surface area contributed by atoms with E-state index in [1.807, 2.05) is 14.1 Å². The number of hydrogen-bond donors (Lipinski definition) is 1. The Morgan fingerprint density at radius 1 is 1.44 bits per heavy atom. The van der Waals surface area contributed by atoms with Crippen LogP contribution in [0.25, 0.3) is 0 Å². The molecule has 1 fully saturated rings. The van der Waals surface area contributed by atoms with Crippen LogP contribution < -0.4 is 5.32 Å². The van der Waals surface area contributed by atoms with E-state index in [4.69, 9.17) is 0 Å². The van der Waals surface area contributed by atoms with Crippen LogP contribution in [0.15, 0.2) is 0 Å². The molecular weight excluding hydrogens is 250 g/mol. The van der Waals surface area contributed by atoms with Crippen LogP contribution >= 0.6 is 0 Å². The third-order valence-corrected chi connectivity index (χ3v) is 5.82. The second-order valence-corrected chi connectivity index (χ2v) is 7.67. The molecule has 0 spiro atoms. The van der Waals surface area contributed by atoms with Gasteiger partial charge in [-0.15, -0.1) is 0 Å². The SMILES string of the molecule is CCCNCC(C)S(=O)(=O)N1CCC(N(C)C)C1. The Balaban J connectivity index is 2.53. The molecule has 0 aliphatic carbocycles. The minimum atomic E-state index is -3.14. The highest BCUT2D eigenvalue weighted by molar-refractivity contribution is 7.89. The van der Waals surface area contributed by atoms with Gasteiger partial charge < -0.3 is 10.2 Å². The Morgan fingerprint density at radius 2 is 2.11 bits per heavy atom. The minimum Gasteiger partial charge on any atom is -0.315 e. The van der Waals surface area contributed by atoms with Crippen molar-refractivity contribution in [1.29, 1.82) is 0 Å². The Kier molecular flexibility index (Phi) is 6.04. The van der Waals surface area contributed by atoms with Crippen LogP contribution in [0.3, 0.4) is 0 Å². The van der Waals surface area contributed by atoms with Crippen molar-refractivity contribution in [2.24, 2.45) is 0 Å². The highest BCUT2D eigenvalue weighted by atomic mass is 32.2. The maximum atomic E-state index is 12.4. The minimum absolute atomic E-state index is 0.343. The zero-order valence-corrected chi connectivity index (χ0v) is 12.8. The Labute approximate surface area is 112 Å². The van der Waals surface area contributed by atoms with Gasteiger partial charge in [0, 0.05) is 25.7 Å². The maximum Gasteiger partial charge on any atom is 0.218 e. The van der Waals surface area contributed by atoms with Gasteiger partial charge in [-0.2, -0.15) is 0 Å². The molecule has 18 heavy (non-hydrogen) atoms. The molecule has 0 radical (unpaired) electrons. The van der Waals surface area contributed by atoms with Crippen molar-refractivity contribution in [3.8, 4) is 0 Å². The number of nitrogens with zero attached hydrogens (tertiary/aromatic N) is 2. The smallest absolute Gasteiger partial charge is 0.218 e. The molecule has 1 aliphatic rings. The van der Waals surface area contributed by atoms with E-state index in [9.17, 15) is 8.42 Å². The first-order valence-corrected chi connectivity index (χ1v) is 8.26. The summed E-state index contributed by atoms with van der Waals surface area (Å²) >= 11 is 0. The van der Waals surface area contributed by atoms with E-state index in [0.29, 0.717) is 25.7 Å². The van der Waals surface area contributed by atoms with E-state index >= 15 is 0 Å². The molecule has 6 heteroatoms. The Morgan fingerprint density at radius 3 is 2.61 bits per heavy atom. The molecule has 1 aliphatic heterocycles. The number of hydrogen-bond acceptors (Lipinski definition) is 4. The first kappa shape index (κ1) is 15.9. The zero-order valence-electron chi connectivity index (χ0n) is 12.0. The summed E-state index contributed by atoms with van der Waals surface area (Å²) in [5.74, 6) is 0. The normalized spacial score (nSPS) is 23.7. The third kappa shape index (κ3) is 3.91. The molecule has 2 unspecified atom stereocenters. The largest absolute Gasteiger partial charge is 0.315 e. The Hall–Kier alpha value is -0.170. The molecule has 1 saturated heterocycles. The molecule has 1 N–H and O–H groups in total. The summed E-state index contributed by atoms with van der Waals surface area (Å²) < 4.78 is 26.4. The standard InChI is InChI=1S/C12H27N3O2S/c1-5-7-13-9-11(2)18(16,17)15-8-6-12(10-15)14(3)4/h11-13H,5-10H2,1-4H3. The van der Waals surface area contributed by atoms with Crippen molar-refractivity contribution < 1.29 is 8.42 Å². The molecule has 0 aromatic rings. The fourth-order valence-electron chi connectivity index (χ4n) is 2.21. The molecule has 2 atom stereocenters. The summed E-state index contributed by atoms with van der Waals surface area (Å²) in [6, 6.07) is 0.357. The average Bonchev–Trinajstić information content (AvgIpc) is 2.79. The van der Waals surface area contributed by atoms with E-state index in [0.717, 1.165) is 19.4 Å². The van der Waals surface area contributed by atoms with Crippen molar-refractivity contribution in [3.05, 3.63) is 0 Å². The van der Waals surface area contributed by atoms with Crippen molar-refractivity contribution in [2.75, 3.05) is 40.3 Å². The first-order valence-electron chi connectivity index (χ1n) is 6.75. The van der Waals surface area contributed by atoms with Crippen LogP contribution in [0, 0.1) is 0 Å². The molecule has 0 bridgehead atoms. The molecule has 0 aromatic carbocycles. The summed E-state index contributed by atoms with van der Waals surface area (Å²) in [6.07, 6.45) is 1.96. The predicted molar refractivity (Wildman–Crippen MR) is 75.2 cm³/mol. The van der Waals surface area contributed by atoms with E-state index in [1.54, 1.807) is 11.2 Å². The monoisotopic (exact) mass is 277 g/mol. The van der Waals surface area contributed by atoms with Crippen LogP contribution in [0.2, 0.25) is 0 Å². The van der Waals surface area contributed by atoms with Gasteiger partial charge in [-0.25, -0.2) is 12.7 Å². The van der Waals surface area contributed by atoms with Crippen molar-refractivity contribution >= 4 is 10.0 Å². The van der Waals surface area contributed by atoms with E-state index in [2.05, 4.69) is 17.1 Å². The first-order chi connectivity index (χ1) is 8.39. The molecule has 1 heterocycles. The summed E-state index contributed by atoms with van der Waals surface area (Å²) in [7, 11) is 0.872. The predicted octanol–water partition coefficient (Wildman–Crippen LogP) is 0.340. The van der Waals surface area contributed by atoms with Crippen molar-refractivity contribution in [2.45, 2.75) is 38.0 Å². The van der Waals surface area contributed by atoms with Gasteiger partial charge in [0.15, 0.2) is 0 Å². The maximum absolute atomic E-state index is 12.4. The van der Waals surface area contributed by atoms with Gasteiger partial charge in [-0.05, 0) is 40.4 Å². The number of nitrogens with one attached hydrogen (secondary N) is 1. The number of sulfonamides is 1. The summed E-state index contributed by atoms with van der Waals surface area (Å²) in [5, 5.41) is 2.84. The van der Waals surface area contributed by atoms with Crippen LogP contribution in [-0.2, 0) is 10.0 Å². The van der Waals surface area contributed by atoms with Crippen molar-refractivity contribution in [1.82, 2.24) is 14.5 Å². The van der Waals surface area contributed by atoms with E-state index in [-0.39, 0.29) is 5.25 Å². The lowest BCUT2D eigenvalue weighted by Gasteiger charge is -2.23. The molecule has 108 valence electrons. The molecular formula is C12H27N3O2S. The van der Waals surface area contributed by atoms with Crippen LogP contribution in [0.5, 0.6) is 0 Å². The quantitative estimate of drug-likeness (QED) is 0.682. The molecule has 0 aromatic heterocycles. The van der Waals surface area contributed by atoms with E-state index in [1.165, 1.54) is 0 Å². The molecule has 0 saturated carbocycles. The van der Waals surface area contributed by atoms with Gasteiger partial charge in [0.05, 0.1) is 5.25 Å². The summed E-state index contributed by atoms with van der Waals surface area (Å²) in [6.45, 7) is 6.57. The number of likely N-dealkylation sites (N-methyl/N-ethyl adjacent to an activating group) is 1. The molecule has 1 rings (SSSR count). The fraction of sp³-hybridized carbons (Fsp3) is 1.00. The van der Waals surface area contributed by atoms with Gasteiger partial charge in [-0.3, -0.25) is 0 Å². The second kappa shape index (κ2) is 6.84. The second-order valence-electron chi connectivity index (χ2n) is 5.32. The third-order valence-electron chi connectivity index (χ3n) is 3.58. The van der Waals surface area contributed by atoms with Gasteiger partial charge >= 0.3 is 0 Å². The lowest BCUT2D eigenvalue weighted by Crippen LogP contribution is -2.42. The van der Waals surface area contributed by atoms with Gasteiger partial charge in [0.2, 0.25) is 10.0 Å². The fourth-order valence-corrected chi connectivity index (χ4v) is 3.78. The lowest BCUT2D eigenvalue weighted by atomic mass is 10.2. The van der Waals surface area contributed by atoms with Gasteiger partial charge in [0.25, 0.3) is 0 Å². The lowest BCUT2D eigenvalue weighted by molar-refractivity contribution is 0.302. The van der Waals surface area contributed by atoms with Crippen LogP contribution in [0.4, 0.5) is 0 Å². The highest BCUT2D eigenvalue weighted by Gasteiger charge is 2.35.